The second kappa shape index (κ2) is 10.9. The first-order valence-electron chi connectivity index (χ1n) is 8.29. The summed E-state index contributed by atoms with van der Waals surface area (Å²) >= 11 is 3.97. The molecular weight excluding hydrogens is 356 g/mol. The van der Waals surface area contributed by atoms with Crippen molar-refractivity contribution in [2.45, 2.75) is 33.2 Å². The van der Waals surface area contributed by atoms with Crippen LogP contribution in [0.2, 0.25) is 0 Å². The fourth-order valence-corrected chi connectivity index (χ4v) is 2.96. The van der Waals surface area contributed by atoms with Crippen LogP contribution in [0.5, 0.6) is 0 Å². The van der Waals surface area contributed by atoms with Crippen LogP contribution in [0.1, 0.15) is 30.0 Å². The number of carbonyl (C=O) groups is 1. The summed E-state index contributed by atoms with van der Waals surface area (Å²) in [6, 6.07) is 4.95. The second-order valence-corrected chi connectivity index (χ2v) is 6.01. The second-order valence-electron chi connectivity index (χ2n) is 5.76. The van der Waals surface area contributed by atoms with Gasteiger partial charge in [0, 0.05) is 5.57 Å². The Kier molecular flexibility index (Phi) is 9.30. The first-order valence-corrected chi connectivity index (χ1v) is 8.74. The summed E-state index contributed by atoms with van der Waals surface area (Å²) in [4.78, 5) is 11.8. The number of carbonyl (C=O) groups excluding carboxylic acids is 1. The van der Waals surface area contributed by atoms with Crippen molar-refractivity contribution < 1.29 is 18.3 Å². The van der Waals surface area contributed by atoms with Gasteiger partial charge in [0.2, 0.25) is 0 Å². The van der Waals surface area contributed by atoms with E-state index < -0.39 is 24.5 Å². The van der Waals surface area contributed by atoms with E-state index in [1.807, 2.05) is 32.0 Å². The molecule has 0 aromatic heterocycles. The summed E-state index contributed by atoms with van der Waals surface area (Å²) in [5.74, 6) is -1.49. The van der Waals surface area contributed by atoms with Gasteiger partial charge in [0.05, 0.1) is 19.1 Å². The minimum Gasteiger partial charge on any atom is -0.466 e. The van der Waals surface area contributed by atoms with E-state index in [-0.39, 0.29) is 18.6 Å². The monoisotopic (exact) mass is 381 g/mol. The summed E-state index contributed by atoms with van der Waals surface area (Å²) in [5, 5.41) is 0. The van der Waals surface area contributed by atoms with E-state index >= 15 is 0 Å². The highest BCUT2D eigenvalue weighted by molar-refractivity contribution is 7.78. The fraction of sp³-hybridized carbons (Fsp3) is 0.350. The summed E-state index contributed by atoms with van der Waals surface area (Å²) in [6.45, 7) is 8.26. The Bertz CT molecular complexity index is 694. The number of ether oxygens (including phenoxy) is 1. The Balaban J connectivity index is 3.42. The molecule has 0 fully saturated rings. The SMILES string of the molecule is C=C/C(=C\C(=C(\F)CF)C(CC(=O)OCC)NS)c1c(C)cccc1C. The van der Waals surface area contributed by atoms with Gasteiger partial charge in [-0.05, 0) is 49.1 Å². The van der Waals surface area contributed by atoms with Crippen molar-refractivity contribution in [1.29, 1.82) is 0 Å². The smallest absolute Gasteiger partial charge is 0.307 e. The maximum atomic E-state index is 14.3. The molecule has 0 saturated heterocycles. The van der Waals surface area contributed by atoms with Crippen molar-refractivity contribution in [3.63, 3.8) is 0 Å². The van der Waals surface area contributed by atoms with E-state index in [9.17, 15) is 13.6 Å². The zero-order valence-electron chi connectivity index (χ0n) is 15.3. The van der Waals surface area contributed by atoms with E-state index in [2.05, 4.69) is 24.1 Å². The van der Waals surface area contributed by atoms with Crippen molar-refractivity contribution >= 4 is 24.4 Å². The van der Waals surface area contributed by atoms with E-state index in [1.165, 1.54) is 6.08 Å². The number of thiol groups is 1. The summed E-state index contributed by atoms with van der Waals surface area (Å²) in [7, 11) is 0. The van der Waals surface area contributed by atoms with Crippen molar-refractivity contribution in [3.05, 3.63) is 65.0 Å². The van der Waals surface area contributed by atoms with Crippen molar-refractivity contribution in [3.8, 4) is 0 Å². The molecule has 0 aliphatic heterocycles. The number of allylic oxidation sites excluding steroid dienone is 3. The first-order chi connectivity index (χ1) is 12.4. The van der Waals surface area contributed by atoms with Gasteiger partial charge in [-0.1, -0.05) is 43.7 Å². The number of nitrogens with one attached hydrogen (secondary N) is 1. The summed E-state index contributed by atoms with van der Waals surface area (Å²) in [6.07, 6.45) is 2.92. The van der Waals surface area contributed by atoms with Gasteiger partial charge in [0.25, 0.3) is 0 Å². The largest absolute Gasteiger partial charge is 0.466 e. The molecule has 0 aliphatic carbocycles. The van der Waals surface area contributed by atoms with Crippen LogP contribution >= 0.6 is 12.8 Å². The van der Waals surface area contributed by atoms with Gasteiger partial charge >= 0.3 is 5.97 Å². The molecule has 0 saturated carbocycles. The molecule has 1 aromatic carbocycles. The molecule has 1 atom stereocenters. The minimum absolute atomic E-state index is 0.00751. The number of aryl methyl sites for hydroxylation is 2. The van der Waals surface area contributed by atoms with Gasteiger partial charge in [-0.2, -0.15) is 0 Å². The molecule has 0 heterocycles. The number of benzene rings is 1. The van der Waals surface area contributed by atoms with Crippen molar-refractivity contribution in [2.24, 2.45) is 0 Å². The van der Waals surface area contributed by atoms with Crippen LogP contribution in [-0.4, -0.2) is 25.3 Å². The zero-order chi connectivity index (χ0) is 19.7. The maximum Gasteiger partial charge on any atom is 0.307 e. The third kappa shape index (κ3) is 5.81. The van der Waals surface area contributed by atoms with E-state index in [0.29, 0.717) is 5.57 Å². The molecule has 0 aliphatic rings. The first kappa shape index (κ1) is 22.1. The van der Waals surface area contributed by atoms with Gasteiger partial charge in [-0.15, -0.1) is 0 Å². The summed E-state index contributed by atoms with van der Waals surface area (Å²) < 4.78 is 34.8. The van der Waals surface area contributed by atoms with Gasteiger partial charge in [-0.3, -0.25) is 9.52 Å². The Hall–Kier alpha value is -1.92. The Morgan fingerprint density at radius 2 is 2.00 bits per heavy atom. The average molecular weight is 381 g/mol. The molecule has 0 radical (unpaired) electrons. The highest BCUT2D eigenvalue weighted by Crippen LogP contribution is 2.28. The molecule has 0 spiro atoms. The minimum atomic E-state index is -1.28. The lowest BCUT2D eigenvalue weighted by atomic mass is 9.92. The molecule has 0 bridgehead atoms. The molecule has 6 heteroatoms. The molecular formula is C20H25F2NO2S. The standard InChI is InChI=1S/C20H25F2NO2S/c1-5-15(20-13(3)8-7-9-14(20)4)10-16(17(22)12-21)18(23-26)11-19(24)25-6-2/h5,7-10,18,23,26H,1,6,11-12H2,2-4H3/b15-10+,17-16-. The van der Waals surface area contributed by atoms with Gasteiger partial charge in [0.1, 0.15) is 12.5 Å². The molecule has 1 unspecified atom stereocenters. The molecule has 0 amide bonds. The Labute approximate surface area is 159 Å². The lowest BCUT2D eigenvalue weighted by Gasteiger charge is -2.19. The van der Waals surface area contributed by atoms with Crippen LogP contribution in [0.15, 0.2) is 48.3 Å². The Morgan fingerprint density at radius 3 is 2.46 bits per heavy atom. The predicted octanol–water partition coefficient (Wildman–Crippen LogP) is 4.82. The number of halogens is 2. The van der Waals surface area contributed by atoms with Crippen LogP contribution in [0, 0.1) is 13.8 Å². The number of hydrogen-bond donors (Lipinski definition) is 2. The van der Waals surface area contributed by atoms with Crippen molar-refractivity contribution in [2.75, 3.05) is 13.3 Å². The highest BCUT2D eigenvalue weighted by atomic mass is 32.1. The van der Waals surface area contributed by atoms with E-state index in [0.717, 1.165) is 16.7 Å². The van der Waals surface area contributed by atoms with Gasteiger partial charge in [-0.25, -0.2) is 8.78 Å². The third-order valence-corrected chi connectivity index (χ3v) is 4.25. The lowest BCUT2D eigenvalue weighted by molar-refractivity contribution is -0.143. The van der Waals surface area contributed by atoms with E-state index in [4.69, 9.17) is 4.74 Å². The van der Waals surface area contributed by atoms with Crippen LogP contribution in [-0.2, 0) is 9.53 Å². The molecule has 1 rings (SSSR count). The molecule has 26 heavy (non-hydrogen) atoms. The average Bonchev–Trinajstić information content (AvgIpc) is 2.62. The van der Waals surface area contributed by atoms with Gasteiger partial charge in [0.15, 0.2) is 0 Å². The molecule has 142 valence electrons. The Morgan fingerprint density at radius 1 is 1.38 bits per heavy atom. The number of alkyl halides is 1. The van der Waals surface area contributed by atoms with Gasteiger partial charge < -0.3 is 4.74 Å². The van der Waals surface area contributed by atoms with E-state index in [1.54, 1.807) is 13.0 Å². The third-order valence-electron chi connectivity index (χ3n) is 3.94. The van der Waals surface area contributed by atoms with Crippen LogP contribution in [0.4, 0.5) is 8.78 Å². The maximum absolute atomic E-state index is 14.3. The van der Waals surface area contributed by atoms with Crippen LogP contribution in [0.25, 0.3) is 5.57 Å². The number of esters is 1. The van der Waals surface area contributed by atoms with Crippen molar-refractivity contribution in [1.82, 2.24) is 4.72 Å². The van der Waals surface area contributed by atoms with Crippen LogP contribution in [0.3, 0.4) is 0 Å². The summed E-state index contributed by atoms with van der Waals surface area (Å²) in [5.41, 5.74) is 3.50. The molecule has 1 N–H and O–H groups in total. The topological polar surface area (TPSA) is 38.3 Å². The number of rotatable bonds is 9. The predicted molar refractivity (Wildman–Crippen MR) is 105 cm³/mol. The van der Waals surface area contributed by atoms with Crippen LogP contribution < -0.4 is 4.72 Å². The number of hydrogen-bond acceptors (Lipinski definition) is 4. The molecule has 1 aromatic rings. The quantitative estimate of drug-likeness (QED) is 0.366. The lowest BCUT2D eigenvalue weighted by Crippen LogP contribution is -2.28. The highest BCUT2D eigenvalue weighted by Gasteiger charge is 2.21. The normalized spacial score (nSPS) is 13.8. The fourth-order valence-electron chi connectivity index (χ4n) is 2.73. The molecule has 3 nitrogen and oxygen atoms in total. The zero-order valence-corrected chi connectivity index (χ0v) is 16.2.